The Morgan fingerprint density at radius 2 is 1.93 bits per heavy atom. The first kappa shape index (κ1) is 18.9. The SMILES string of the molecule is Cc1cc(C(=O)COC(=O)c2ccco2)c(C)n1C[C@H]1COc2ccccc2O1. The van der Waals surface area contributed by atoms with Crippen molar-refractivity contribution in [2.24, 2.45) is 0 Å². The van der Waals surface area contributed by atoms with Crippen LogP contribution in [0.3, 0.4) is 0 Å². The Hall–Kier alpha value is -3.48. The Bertz CT molecular complexity index is 1030. The van der Waals surface area contributed by atoms with E-state index in [1.165, 1.54) is 12.3 Å². The number of esters is 1. The maximum Gasteiger partial charge on any atom is 0.374 e. The quantitative estimate of drug-likeness (QED) is 0.469. The molecule has 1 aromatic carbocycles. The molecule has 1 aliphatic rings. The first-order chi connectivity index (χ1) is 14.0. The summed E-state index contributed by atoms with van der Waals surface area (Å²) in [5, 5.41) is 0. The number of ketones is 1. The summed E-state index contributed by atoms with van der Waals surface area (Å²) in [5.74, 6) is 0.586. The van der Waals surface area contributed by atoms with Gasteiger partial charge in [-0.3, -0.25) is 4.79 Å². The average Bonchev–Trinajstić information content (AvgIpc) is 3.36. The molecule has 0 fully saturated rings. The highest BCUT2D eigenvalue weighted by atomic mass is 16.6. The number of carbonyl (C=O) groups is 2. The van der Waals surface area contributed by atoms with Gasteiger partial charge in [0, 0.05) is 17.0 Å². The molecule has 2 aromatic heterocycles. The van der Waals surface area contributed by atoms with Crippen LogP contribution in [0.5, 0.6) is 11.5 Å². The summed E-state index contributed by atoms with van der Waals surface area (Å²) in [7, 11) is 0. The lowest BCUT2D eigenvalue weighted by Gasteiger charge is -2.27. The van der Waals surface area contributed by atoms with Crippen LogP contribution in [-0.4, -0.2) is 35.6 Å². The van der Waals surface area contributed by atoms with Crippen molar-refractivity contribution >= 4 is 11.8 Å². The molecule has 4 rings (SSSR count). The minimum absolute atomic E-state index is 0.0676. The zero-order chi connectivity index (χ0) is 20.4. The molecule has 1 aliphatic heterocycles. The molecule has 0 spiro atoms. The summed E-state index contributed by atoms with van der Waals surface area (Å²) in [6.45, 7) is 4.42. The number of Topliss-reactive ketones (excluding diaryl/α,β-unsaturated/α-hetero) is 1. The number of ether oxygens (including phenoxy) is 3. The van der Waals surface area contributed by atoms with Crippen molar-refractivity contribution in [1.29, 1.82) is 0 Å². The number of carbonyl (C=O) groups excluding carboxylic acids is 2. The molecule has 0 bridgehead atoms. The molecule has 0 saturated heterocycles. The van der Waals surface area contributed by atoms with E-state index in [0.29, 0.717) is 24.5 Å². The number of rotatable bonds is 6. The van der Waals surface area contributed by atoms with Crippen LogP contribution in [0.25, 0.3) is 0 Å². The van der Waals surface area contributed by atoms with E-state index in [9.17, 15) is 9.59 Å². The summed E-state index contributed by atoms with van der Waals surface area (Å²) < 4.78 is 23.8. The Balaban J connectivity index is 1.42. The molecule has 0 radical (unpaired) electrons. The smallest absolute Gasteiger partial charge is 0.374 e. The fourth-order valence-electron chi connectivity index (χ4n) is 3.40. The minimum atomic E-state index is -0.663. The van der Waals surface area contributed by atoms with E-state index in [0.717, 1.165) is 17.1 Å². The monoisotopic (exact) mass is 395 g/mol. The normalized spacial score (nSPS) is 15.2. The fourth-order valence-corrected chi connectivity index (χ4v) is 3.40. The summed E-state index contributed by atoms with van der Waals surface area (Å²) in [6.07, 6.45) is 1.20. The number of hydrogen-bond acceptors (Lipinski definition) is 6. The second-order valence-corrected chi connectivity index (χ2v) is 6.87. The fraction of sp³-hybridized carbons (Fsp3) is 0.273. The molecule has 0 saturated carbocycles. The van der Waals surface area contributed by atoms with Gasteiger partial charge in [-0.15, -0.1) is 0 Å². The highest BCUT2D eigenvalue weighted by Crippen LogP contribution is 2.31. The van der Waals surface area contributed by atoms with Crippen LogP contribution >= 0.6 is 0 Å². The molecular formula is C22H21NO6. The van der Waals surface area contributed by atoms with Gasteiger partial charge >= 0.3 is 5.97 Å². The molecule has 29 heavy (non-hydrogen) atoms. The maximum atomic E-state index is 12.6. The lowest BCUT2D eigenvalue weighted by atomic mass is 10.1. The average molecular weight is 395 g/mol. The number of aromatic nitrogens is 1. The molecule has 0 aliphatic carbocycles. The van der Waals surface area contributed by atoms with Crippen LogP contribution in [0.4, 0.5) is 0 Å². The lowest BCUT2D eigenvalue weighted by molar-refractivity contribution is 0.0443. The third-order valence-corrected chi connectivity index (χ3v) is 4.88. The first-order valence-electron chi connectivity index (χ1n) is 9.32. The van der Waals surface area contributed by atoms with Gasteiger partial charge in [0.15, 0.2) is 24.2 Å². The van der Waals surface area contributed by atoms with Gasteiger partial charge in [0.2, 0.25) is 11.5 Å². The minimum Gasteiger partial charge on any atom is -0.486 e. The topological polar surface area (TPSA) is 79.9 Å². The van der Waals surface area contributed by atoms with Crippen molar-refractivity contribution < 1.29 is 28.2 Å². The van der Waals surface area contributed by atoms with Crippen LogP contribution in [0.15, 0.2) is 53.1 Å². The van der Waals surface area contributed by atoms with Crippen molar-refractivity contribution in [3.05, 3.63) is 71.4 Å². The van der Waals surface area contributed by atoms with Crippen LogP contribution in [0, 0.1) is 13.8 Å². The molecule has 3 heterocycles. The Morgan fingerprint density at radius 3 is 2.69 bits per heavy atom. The summed E-state index contributed by atoms with van der Waals surface area (Å²) in [5.41, 5.74) is 2.24. The largest absolute Gasteiger partial charge is 0.486 e. The van der Waals surface area contributed by atoms with Gasteiger partial charge in [-0.05, 0) is 44.2 Å². The van der Waals surface area contributed by atoms with Gasteiger partial charge in [-0.1, -0.05) is 12.1 Å². The summed E-state index contributed by atoms with van der Waals surface area (Å²) in [6, 6.07) is 12.4. The number of nitrogens with zero attached hydrogens (tertiary/aromatic N) is 1. The van der Waals surface area contributed by atoms with Gasteiger partial charge in [0.05, 0.1) is 12.8 Å². The summed E-state index contributed by atoms with van der Waals surface area (Å²) >= 11 is 0. The Kier molecular flexibility index (Phi) is 5.12. The van der Waals surface area contributed by atoms with Gasteiger partial charge in [0.1, 0.15) is 6.61 Å². The van der Waals surface area contributed by atoms with Crippen molar-refractivity contribution in [2.75, 3.05) is 13.2 Å². The number of aryl methyl sites for hydroxylation is 1. The van der Waals surface area contributed by atoms with Crippen LogP contribution in [0.2, 0.25) is 0 Å². The number of para-hydroxylation sites is 2. The van der Waals surface area contributed by atoms with Gasteiger partial charge in [-0.2, -0.15) is 0 Å². The van der Waals surface area contributed by atoms with Crippen molar-refractivity contribution in [1.82, 2.24) is 4.57 Å². The third-order valence-electron chi connectivity index (χ3n) is 4.88. The highest BCUT2D eigenvalue weighted by molar-refractivity contribution is 6.00. The van der Waals surface area contributed by atoms with Crippen molar-refractivity contribution in [2.45, 2.75) is 26.5 Å². The van der Waals surface area contributed by atoms with Crippen molar-refractivity contribution in [3.63, 3.8) is 0 Å². The van der Waals surface area contributed by atoms with Crippen molar-refractivity contribution in [3.8, 4) is 11.5 Å². The van der Waals surface area contributed by atoms with E-state index in [1.54, 1.807) is 12.1 Å². The zero-order valence-corrected chi connectivity index (χ0v) is 16.2. The second-order valence-electron chi connectivity index (χ2n) is 6.87. The van der Waals surface area contributed by atoms with E-state index < -0.39 is 5.97 Å². The number of hydrogen-bond donors (Lipinski definition) is 0. The molecule has 7 heteroatoms. The number of furan rings is 1. The predicted octanol–water partition coefficient (Wildman–Crippen LogP) is 3.58. The van der Waals surface area contributed by atoms with E-state index >= 15 is 0 Å². The van der Waals surface area contributed by atoms with E-state index in [2.05, 4.69) is 0 Å². The molecule has 3 aromatic rings. The molecule has 1 atom stereocenters. The first-order valence-corrected chi connectivity index (χ1v) is 9.32. The van der Waals surface area contributed by atoms with Gasteiger partial charge in [-0.25, -0.2) is 4.79 Å². The Labute approximate surface area is 167 Å². The van der Waals surface area contributed by atoms with Crippen LogP contribution < -0.4 is 9.47 Å². The van der Waals surface area contributed by atoms with E-state index in [1.807, 2.05) is 42.7 Å². The molecule has 7 nitrogen and oxygen atoms in total. The number of benzene rings is 1. The molecule has 150 valence electrons. The van der Waals surface area contributed by atoms with E-state index in [4.69, 9.17) is 18.6 Å². The second kappa shape index (κ2) is 7.87. The standard InChI is InChI=1S/C22H21NO6/c1-14-10-17(18(24)13-28-22(25)21-8-5-9-26-21)15(2)23(14)11-16-12-27-19-6-3-4-7-20(19)29-16/h3-10,16H,11-13H2,1-2H3/t16-/m0/s1. The molecule has 0 unspecified atom stereocenters. The zero-order valence-electron chi connectivity index (χ0n) is 16.2. The van der Waals surface area contributed by atoms with Crippen LogP contribution in [0.1, 0.15) is 32.3 Å². The van der Waals surface area contributed by atoms with Gasteiger partial charge in [0.25, 0.3) is 0 Å². The molecule has 0 N–H and O–H groups in total. The summed E-state index contributed by atoms with van der Waals surface area (Å²) in [4.78, 5) is 24.4. The predicted molar refractivity (Wildman–Crippen MR) is 104 cm³/mol. The Morgan fingerprint density at radius 1 is 1.14 bits per heavy atom. The third kappa shape index (κ3) is 3.89. The number of fused-ring (bicyclic) bond motifs is 1. The highest BCUT2D eigenvalue weighted by Gasteiger charge is 2.24. The van der Waals surface area contributed by atoms with Gasteiger partial charge < -0.3 is 23.2 Å². The molecular weight excluding hydrogens is 374 g/mol. The maximum absolute atomic E-state index is 12.6. The van der Waals surface area contributed by atoms with E-state index in [-0.39, 0.29) is 24.3 Å². The lowest BCUT2D eigenvalue weighted by Crippen LogP contribution is -2.33. The molecule has 0 amide bonds. The van der Waals surface area contributed by atoms with Crippen LogP contribution in [-0.2, 0) is 11.3 Å².